The highest BCUT2D eigenvalue weighted by Crippen LogP contribution is 2.36. The molecule has 8 heteroatoms. The Morgan fingerprint density at radius 3 is 2.67 bits per heavy atom. The van der Waals surface area contributed by atoms with Crippen LogP contribution in [0.25, 0.3) is 0 Å². The fourth-order valence-corrected chi connectivity index (χ4v) is 1.13. The van der Waals surface area contributed by atoms with Gasteiger partial charge in [-0.2, -0.15) is 18.4 Å². The van der Waals surface area contributed by atoms with Crippen LogP contribution >= 0.6 is 0 Å². The monoisotopic (exact) mass is 259 g/mol. The van der Waals surface area contributed by atoms with Gasteiger partial charge in [-0.3, -0.25) is 10.2 Å². The first-order chi connectivity index (χ1) is 8.38. The van der Waals surface area contributed by atoms with Gasteiger partial charge in [0.15, 0.2) is 6.61 Å². The molecule has 0 aliphatic heterocycles. The maximum absolute atomic E-state index is 12.7. The zero-order chi connectivity index (χ0) is 13.8. The maximum Gasteiger partial charge on any atom is 0.420 e. The molecule has 0 aromatic heterocycles. The summed E-state index contributed by atoms with van der Waals surface area (Å²) in [6, 6.07) is 4.37. The molecule has 0 atom stereocenters. The van der Waals surface area contributed by atoms with Gasteiger partial charge in [-0.1, -0.05) is 0 Å². The summed E-state index contributed by atoms with van der Waals surface area (Å²) in [7, 11) is 0. The first-order valence-corrected chi connectivity index (χ1v) is 4.62. The van der Waals surface area contributed by atoms with E-state index in [0.717, 1.165) is 12.1 Å². The van der Waals surface area contributed by atoms with Crippen LogP contribution in [-0.4, -0.2) is 12.5 Å². The van der Waals surface area contributed by atoms with Gasteiger partial charge in [-0.25, -0.2) is 5.84 Å². The number of ether oxygens (including phenoxy) is 1. The molecule has 0 spiro atoms. The molecule has 3 N–H and O–H groups in total. The molecule has 18 heavy (non-hydrogen) atoms. The van der Waals surface area contributed by atoms with Gasteiger partial charge < -0.3 is 4.74 Å². The quantitative estimate of drug-likeness (QED) is 0.480. The normalized spacial score (nSPS) is 10.6. The molecule has 0 aliphatic carbocycles. The third-order valence-electron chi connectivity index (χ3n) is 1.93. The van der Waals surface area contributed by atoms with Crippen molar-refractivity contribution in [1.82, 2.24) is 5.43 Å². The van der Waals surface area contributed by atoms with Crippen LogP contribution in [-0.2, 0) is 11.0 Å². The van der Waals surface area contributed by atoms with Crippen LogP contribution in [0.4, 0.5) is 13.2 Å². The maximum atomic E-state index is 12.7. The Labute approximate surface area is 99.9 Å². The highest BCUT2D eigenvalue weighted by atomic mass is 19.4. The predicted molar refractivity (Wildman–Crippen MR) is 54.0 cm³/mol. The van der Waals surface area contributed by atoms with Gasteiger partial charge in [0.05, 0.1) is 17.2 Å². The number of carbonyl (C=O) groups is 1. The topological polar surface area (TPSA) is 88.1 Å². The van der Waals surface area contributed by atoms with Crippen molar-refractivity contribution >= 4 is 5.91 Å². The lowest BCUT2D eigenvalue weighted by Gasteiger charge is -2.13. The van der Waals surface area contributed by atoms with E-state index in [4.69, 9.17) is 15.8 Å². The number of halogens is 3. The van der Waals surface area contributed by atoms with E-state index in [1.165, 1.54) is 0 Å². The van der Waals surface area contributed by atoms with Crippen molar-refractivity contribution in [1.29, 1.82) is 5.26 Å². The zero-order valence-corrected chi connectivity index (χ0v) is 8.91. The minimum absolute atomic E-state index is 0.155. The van der Waals surface area contributed by atoms with E-state index in [0.29, 0.717) is 6.07 Å². The Morgan fingerprint density at radius 1 is 1.50 bits per heavy atom. The van der Waals surface area contributed by atoms with Crippen LogP contribution in [0.3, 0.4) is 0 Å². The second kappa shape index (κ2) is 5.37. The lowest BCUT2D eigenvalue weighted by molar-refractivity contribution is -0.139. The highest BCUT2D eigenvalue weighted by Gasteiger charge is 2.34. The van der Waals surface area contributed by atoms with E-state index >= 15 is 0 Å². The number of benzene rings is 1. The van der Waals surface area contributed by atoms with E-state index in [2.05, 4.69) is 0 Å². The van der Waals surface area contributed by atoms with Crippen molar-refractivity contribution in [2.24, 2.45) is 5.84 Å². The number of carbonyl (C=O) groups excluding carboxylic acids is 1. The van der Waals surface area contributed by atoms with Crippen molar-refractivity contribution < 1.29 is 22.7 Å². The third-order valence-corrected chi connectivity index (χ3v) is 1.93. The van der Waals surface area contributed by atoms with Gasteiger partial charge in [-0.15, -0.1) is 0 Å². The second-order valence-corrected chi connectivity index (χ2v) is 3.18. The minimum Gasteiger partial charge on any atom is -0.483 e. The lowest BCUT2D eigenvalue weighted by atomic mass is 10.1. The number of hydrazine groups is 1. The average Bonchev–Trinajstić information content (AvgIpc) is 2.34. The molecule has 0 saturated carbocycles. The molecule has 1 aromatic rings. The SMILES string of the molecule is N#Cc1ccc(OCC(=O)NN)c(C(F)(F)F)c1. The number of nitriles is 1. The number of rotatable bonds is 3. The highest BCUT2D eigenvalue weighted by molar-refractivity contribution is 5.76. The number of nitrogens with two attached hydrogens (primary N) is 1. The summed E-state index contributed by atoms with van der Waals surface area (Å²) >= 11 is 0. The summed E-state index contributed by atoms with van der Waals surface area (Å²) in [5.74, 6) is 3.45. The first-order valence-electron chi connectivity index (χ1n) is 4.62. The van der Waals surface area contributed by atoms with Crippen molar-refractivity contribution in [3.05, 3.63) is 29.3 Å². The van der Waals surface area contributed by atoms with E-state index < -0.39 is 30.0 Å². The summed E-state index contributed by atoms with van der Waals surface area (Å²) in [5, 5.41) is 8.54. The molecule has 0 aliphatic rings. The van der Waals surface area contributed by atoms with Gasteiger partial charge in [0, 0.05) is 0 Å². The number of hydrogen-bond donors (Lipinski definition) is 2. The molecule has 0 fully saturated rings. The van der Waals surface area contributed by atoms with Crippen LogP contribution in [0.2, 0.25) is 0 Å². The van der Waals surface area contributed by atoms with Gasteiger partial charge in [-0.05, 0) is 18.2 Å². The fourth-order valence-electron chi connectivity index (χ4n) is 1.13. The number of nitrogens with one attached hydrogen (secondary N) is 1. The molecule has 0 bridgehead atoms. The number of hydrogen-bond acceptors (Lipinski definition) is 4. The van der Waals surface area contributed by atoms with Gasteiger partial charge >= 0.3 is 6.18 Å². The summed E-state index contributed by atoms with van der Waals surface area (Å²) in [6.45, 7) is -0.647. The van der Waals surface area contributed by atoms with Crippen molar-refractivity contribution in [2.45, 2.75) is 6.18 Å². The van der Waals surface area contributed by atoms with E-state index in [1.54, 1.807) is 11.5 Å². The van der Waals surface area contributed by atoms with Gasteiger partial charge in [0.2, 0.25) is 0 Å². The average molecular weight is 259 g/mol. The smallest absolute Gasteiger partial charge is 0.420 e. The van der Waals surface area contributed by atoms with Crippen LogP contribution in [0.5, 0.6) is 5.75 Å². The number of nitrogens with zero attached hydrogens (tertiary/aromatic N) is 1. The lowest BCUT2D eigenvalue weighted by Crippen LogP contribution is -2.34. The second-order valence-electron chi connectivity index (χ2n) is 3.18. The molecule has 5 nitrogen and oxygen atoms in total. The summed E-state index contributed by atoms with van der Waals surface area (Å²) < 4.78 is 42.7. The van der Waals surface area contributed by atoms with E-state index in [9.17, 15) is 18.0 Å². The molecule has 1 aromatic carbocycles. The van der Waals surface area contributed by atoms with Gasteiger partial charge in [0.25, 0.3) is 5.91 Å². The summed E-state index contributed by atoms with van der Waals surface area (Å²) in [6.07, 6.45) is -4.68. The van der Waals surface area contributed by atoms with Crippen LogP contribution in [0.1, 0.15) is 11.1 Å². The largest absolute Gasteiger partial charge is 0.483 e. The van der Waals surface area contributed by atoms with Crippen LogP contribution in [0.15, 0.2) is 18.2 Å². The van der Waals surface area contributed by atoms with Crippen molar-refractivity contribution in [3.8, 4) is 11.8 Å². The Balaban J connectivity index is 3.04. The zero-order valence-electron chi connectivity index (χ0n) is 8.91. The molecular formula is C10H8F3N3O2. The molecule has 0 heterocycles. The molecule has 0 radical (unpaired) electrons. The Morgan fingerprint density at radius 2 is 2.17 bits per heavy atom. The molecule has 1 amide bonds. The predicted octanol–water partition coefficient (Wildman–Crippen LogP) is 0.946. The Hall–Kier alpha value is -2.27. The van der Waals surface area contributed by atoms with E-state index in [1.807, 2.05) is 0 Å². The van der Waals surface area contributed by atoms with Crippen LogP contribution < -0.4 is 16.0 Å². The van der Waals surface area contributed by atoms with Crippen molar-refractivity contribution in [3.63, 3.8) is 0 Å². The van der Waals surface area contributed by atoms with Gasteiger partial charge in [0.1, 0.15) is 5.75 Å². The molecule has 96 valence electrons. The first kappa shape index (κ1) is 13.8. The summed E-state index contributed by atoms with van der Waals surface area (Å²) in [5.41, 5.74) is 0.445. The molecular weight excluding hydrogens is 251 g/mol. The third kappa shape index (κ3) is 3.36. The molecule has 1 rings (SSSR count). The Bertz CT molecular complexity index is 494. The standard InChI is InChI=1S/C10H8F3N3O2/c11-10(12,13)7-3-6(4-14)1-2-8(7)18-5-9(17)16-15/h1-3H,5,15H2,(H,16,17). The fraction of sp³-hybridized carbons (Fsp3) is 0.200. The minimum atomic E-state index is -4.68. The van der Waals surface area contributed by atoms with E-state index in [-0.39, 0.29) is 5.56 Å². The molecule has 0 unspecified atom stereocenters. The number of amides is 1. The Kier molecular flexibility index (Phi) is 4.12. The van der Waals surface area contributed by atoms with Crippen molar-refractivity contribution in [2.75, 3.05) is 6.61 Å². The summed E-state index contributed by atoms with van der Waals surface area (Å²) in [4.78, 5) is 10.8. The van der Waals surface area contributed by atoms with Crippen LogP contribution in [0, 0.1) is 11.3 Å². The number of alkyl halides is 3. The molecule has 0 saturated heterocycles.